The van der Waals surface area contributed by atoms with E-state index in [1.165, 1.54) is 13.2 Å². The van der Waals surface area contributed by atoms with Gasteiger partial charge in [-0.05, 0) is 47.9 Å². The van der Waals surface area contributed by atoms with Gasteiger partial charge in [-0.2, -0.15) is 0 Å². The number of ether oxygens (including phenoxy) is 3. The first-order chi connectivity index (χ1) is 12.7. The number of fused-ring (bicyclic) bond motifs is 1. The van der Waals surface area contributed by atoms with Crippen molar-refractivity contribution in [2.45, 2.75) is 6.42 Å². The molecule has 0 spiro atoms. The van der Waals surface area contributed by atoms with Crippen LogP contribution < -0.4 is 14.8 Å². The predicted molar refractivity (Wildman–Crippen MR) is 96.1 cm³/mol. The number of rotatable bonds is 6. The minimum Gasteiger partial charge on any atom is -0.465 e. The van der Waals surface area contributed by atoms with E-state index in [-0.39, 0.29) is 18.7 Å². The van der Waals surface area contributed by atoms with E-state index in [0.29, 0.717) is 18.5 Å². The normalized spacial score (nSPS) is 12.2. The molecule has 26 heavy (non-hydrogen) atoms. The topological polar surface area (TPSA) is 73.9 Å². The molecule has 2 aromatic rings. The smallest absolute Gasteiger partial charge is 0.337 e. The van der Waals surface area contributed by atoms with Gasteiger partial charge in [0.25, 0.3) is 0 Å². The van der Waals surface area contributed by atoms with Crippen molar-refractivity contribution < 1.29 is 23.8 Å². The fourth-order valence-corrected chi connectivity index (χ4v) is 2.51. The molecule has 3 rings (SSSR count). The molecule has 0 fully saturated rings. The number of hydrogen-bond donors (Lipinski definition) is 1. The van der Waals surface area contributed by atoms with Crippen LogP contribution in [-0.4, -0.2) is 32.3 Å². The van der Waals surface area contributed by atoms with Gasteiger partial charge in [-0.25, -0.2) is 4.79 Å². The van der Waals surface area contributed by atoms with Crippen molar-refractivity contribution in [2.24, 2.45) is 0 Å². The van der Waals surface area contributed by atoms with Gasteiger partial charge in [0.2, 0.25) is 12.7 Å². The van der Waals surface area contributed by atoms with Gasteiger partial charge in [-0.15, -0.1) is 0 Å². The van der Waals surface area contributed by atoms with Crippen molar-refractivity contribution in [3.05, 3.63) is 65.2 Å². The molecule has 0 radical (unpaired) electrons. The zero-order valence-corrected chi connectivity index (χ0v) is 14.4. The van der Waals surface area contributed by atoms with E-state index in [0.717, 1.165) is 22.6 Å². The van der Waals surface area contributed by atoms with Crippen LogP contribution in [0.2, 0.25) is 0 Å². The van der Waals surface area contributed by atoms with Crippen LogP contribution in [0.1, 0.15) is 21.5 Å². The number of hydrogen-bond acceptors (Lipinski definition) is 5. The second-order valence-electron chi connectivity index (χ2n) is 5.68. The van der Waals surface area contributed by atoms with Crippen molar-refractivity contribution in [2.75, 3.05) is 20.4 Å². The highest BCUT2D eigenvalue weighted by Crippen LogP contribution is 2.32. The van der Waals surface area contributed by atoms with Gasteiger partial charge in [-0.1, -0.05) is 18.2 Å². The highest BCUT2D eigenvalue weighted by Gasteiger charge is 2.12. The van der Waals surface area contributed by atoms with Crippen LogP contribution in [0, 0.1) is 0 Å². The molecule has 0 saturated carbocycles. The average molecular weight is 353 g/mol. The molecule has 0 bridgehead atoms. The Morgan fingerprint density at radius 3 is 2.65 bits per heavy atom. The summed E-state index contributed by atoms with van der Waals surface area (Å²) < 4.78 is 15.2. The third-order valence-corrected chi connectivity index (χ3v) is 3.91. The zero-order valence-electron chi connectivity index (χ0n) is 14.4. The summed E-state index contributed by atoms with van der Waals surface area (Å²) >= 11 is 0. The second kappa shape index (κ2) is 8.20. The molecule has 1 N–H and O–H groups in total. The molecular weight excluding hydrogens is 334 g/mol. The van der Waals surface area contributed by atoms with E-state index in [1.54, 1.807) is 30.3 Å². The summed E-state index contributed by atoms with van der Waals surface area (Å²) in [5.74, 6) is 0.924. The van der Waals surface area contributed by atoms with Gasteiger partial charge >= 0.3 is 5.97 Å². The molecule has 2 aromatic carbocycles. The third kappa shape index (κ3) is 4.42. The van der Waals surface area contributed by atoms with Crippen molar-refractivity contribution >= 4 is 18.0 Å². The predicted octanol–water partition coefficient (Wildman–Crippen LogP) is 2.57. The molecule has 1 aliphatic heterocycles. The molecule has 0 saturated heterocycles. The highest BCUT2D eigenvalue weighted by atomic mass is 16.7. The highest BCUT2D eigenvalue weighted by molar-refractivity contribution is 5.92. The first-order valence-corrected chi connectivity index (χ1v) is 8.18. The number of benzene rings is 2. The number of carbonyl (C=O) groups is 2. The van der Waals surface area contributed by atoms with E-state index in [9.17, 15) is 9.59 Å². The summed E-state index contributed by atoms with van der Waals surface area (Å²) in [5.41, 5.74) is 2.36. The fraction of sp³-hybridized carbons (Fsp3) is 0.200. The monoisotopic (exact) mass is 353 g/mol. The summed E-state index contributed by atoms with van der Waals surface area (Å²) in [7, 11) is 1.34. The van der Waals surface area contributed by atoms with E-state index < -0.39 is 0 Å². The van der Waals surface area contributed by atoms with Gasteiger partial charge in [0.1, 0.15) is 0 Å². The van der Waals surface area contributed by atoms with Crippen molar-refractivity contribution in [3.63, 3.8) is 0 Å². The maximum absolute atomic E-state index is 11.9. The number of amides is 1. The van der Waals surface area contributed by atoms with Crippen LogP contribution in [0.3, 0.4) is 0 Å². The van der Waals surface area contributed by atoms with Crippen LogP contribution in [-0.2, 0) is 16.0 Å². The number of nitrogens with one attached hydrogen (secondary N) is 1. The van der Waals surface area contributed by atoms with Crippen LogP contribution in [0.25, 0.3) is 6.08 Å². The Hall–Kier alpha value is -3.28. The molecule has 134 valence electrons. The molecule has 0 aromatic heterocycles. The summed E-state index contributed by atoms with van der Waals surface area (Å²) in [5, 5.41) is 2.84. The minimum absolute atomic E-state index is 0.178. The lowest BCUT2D eigenvalue weighted by atomic mass is 10.1. The van der Waals surface area contributed by atoms with Gasteiger partial charge in [-0.3, -0.25) is 4.79 Å². The molecule has 6 heteroatoms. The van der Waals surface area contributed by atoms with Gasteiger partial charge in [0, 0.05) is 12.6 Å². The number of methoxy groups -OCH3 is 1. The van der Waals surface area contributed by atoms with E-state index in [2.05, 4.69) is 10.1 Å². The van der Waals surface area contributed by atoms with Crippen LogP contribution in [0.4, 0.5) is 0 Å². The van der Waals surface area contributed by atoms with Gasteiger partial charge in [0.15, 0.2) is 11.5 Å². The average Bonchev–Trinajstić information content (AvgIpc) is 3.14. The Bertz CT molecular complexity index is 827. The largest absolute Gasteiger partial charge is 0.465 e. The Labute approximate surface area is 151 Å². The maximum Gasteiger partial charge on any atom is 0.337 e. The van der Waals surface area contributed by atoms with E-state index >= 15 is 0 Å². The molecule has 6 nitrogen and oxygen atoms in total. The molecule has 0 unspecified atom stereocenters. The molecule has 0 aliphatic carbocycles. The lowest BCUT2D eigenvalue weighted by Crippen LogP contribution is -2.23. The van der Waals surface area contributed by atoms with Crippen molar-refractivity contribution in [1.82, 2.24) is 5.32 Å². The standard InChI is InChI=1S/C20H19NO5/c1-24-20(23)16-6-2-14(3-7-16)5-9-19(22)21-11-10-15-4-8-17-18(12-15)26-13-25-17/h2-9,12H,10-11,13H2,1H3,(H,21,22). The van der Waals surface area contributed by atoms with Crippen LogP contribution in [0.5, 0.6) is 11.5 Å². The number of esters is 1. The summed E-state index contributed by atoms with van der Waals surface area (Å²) in [6, 6.07) is 12.6. The lowest BCUT2D eigenvalue weighted by molar-refractivity contribution is -0.116. The maximum atomic E-state index is 11.9. The molecule has 1 heterocycles. The van der Waals surface area contributed by atoms with Gasteiger partial charge in [0.05, 0.1) is 12.7 Å². The zero-order chi connectivity index (χ0) is 18.4. The van der Waals surface area contributed by atoms with Crippen molar-refractivity contribution in [3.8, 4) is 11.5 Å². The quantitative estimate of drug-likeness (QED) is 0.638. The van der Waals surface area contributed by atoms with Gasteiger partial charge < -0.3 is 19.5 Å². The second-order valence-corrected chi connectivity index (χ2v) is 5.68. The molecule has 0 atom stereocenters. The fourth-order valence-electron chi connectivity index (χ4n) is 2.51. The summed E-state index contributed by atoms with van der Waals surface area (Å²) in [4.78, 5) is 23.3. The first kappa shape index (κ1) is 17.5. The Morgan fingerprint density at radius 2 is 1.88 bits per heavy atom. The lowest BCUT2D eigenvalue weighted by Gasteiger charge is -2.04. The minimum atomic E-state index is -0.387. The van der Waals surface area contributed by atoms with E-state index in [1.807, 2.05) is 18.2 Å². The third-order valence-electron chi connectivity index (χ3n) is 3.91. The van der Waals surface area contributed by atoms with Crippen LogP contribution >= 0.6 is 0 Å². The summed E-state index contributed by atoms with van der Waals surface area (Å²) in [6.07, 6.45) is 3.85. The molecular formula is C20H19NO5. The Kier molecular flexibility index (Phi) is 5.53. The Balaban J connectivity index is 1.46. The summed E-state index contributed by atoms with van der Waals surface area (Å²) in [6.45, 7) is 0.769. The Morgan fingerprint density at radius 1 is 1.12 bits per heavy atom. The number of carbonyl (C=O) groups excluding carboxylic acids is 2. The van der Waals surface area contributed by atoms with Crippen molar-refractivity contribution in [1.29, 1.82) is 0 Å². The molecule has 1 aliphatic rings. The van der Waals surface area contributed by atoms with E-state index in [4.69, 9.17) is 9.47 Å². The first-order valence-electron chi connectivity index (χ1n) is 8.18. The molecule has 1 amide bonds. The van der Waals surface area contributed by atoms with Crippen LogP contribution in [0.15, 0.2) is 48.5 Å². The SMILES string of the molecule is COC(=O)c1ccc(C=CC(=O)NCCc2ccc3c(c2)OCO3)cc1.